The van der Waals surface area contributed by atoms with Crippen molar-refractivity contribution < 1.29 is 5.11 Å². The molecule has 0 bridgehead atoms. The van der Waals surface area contributed by atoms with E-state index in [0.717, 1.165) is 55.6 Å². The summed E-state index contributed by atoms with van der Waals surface area (Å²) in [5.41, 5.74) is 8.30. The van der Waals surface area contributed by atoms with E-state index in [1.54, 1.807) is 12.5 Å². The van der Waals surface area contributed by atoms with Crippen molar-refractivity contribution in [2.24, 2.45) is 7.05 Å². The van der Waals surface area contributed by atoms with Gasteiger partial charge in [-0.25, -0.2) is 9.97 Å². The number of pyridine rings is 1. The van der Waals surface area contributed by atoms with Crippen LogP contribution in [0.5, 0.6) is 0 Å². The second-order valence-electron chi connectivity index (χ2n) is 8.43. The van der Waals surface area contributed by atoms with Gasteiger partial charge in [-0.2, -0.15) is 0 Å². The van der Waals surface area contributed by atoms with Gasteiger partial charge in [-0.3, -0.25) is 4.40 Å². The molecule has 0 spiro atoms. The average Bonchev–Trinajstić information content (AvgIpc) is 3.52. The van der Waals surface area contributed by atoms with E-state index in [4.69, 9.17) is 28.2 Å². The van der Waals surface area contributed by atoms with E-state index < -0.39 is 0 Å². The summed E-state index contributed by atoms with van der Waals surface area (Å²) in [6.45, 7) is -0.105. The Bertz CT molecular complexity index is 1720. The topological polar surface area (TPSA) is 55.3 Å². The van der Waals surface area contributed by atoms with Crippen molar-refractivity contribution in [2.45, 2.75) is 6.61 Å². The number of aliphatic hydroxyl groups is 1. The number of nitrogens with zero attached hydrogens (tertiary/aromatic N) is 4. The second-order valence-corrected chi connectivity index (χ2v) is 9.30. The van der Waals surface area contributed by atoms with Gasteiger partial charge in [0.05, 0.1) is 35.9 Å². The zero-order valence-corrected chi connectivity index (χ0v) is 20.3. The molecule has 0 aliphatic heterocycles. The Kier molecular flexibility index (Phi) is 5.33. The quantitative estimate of drug-likeness (QED) is 0.284. The predicted octanol–water partition coefficient (Wildman–Crippen LogP) is 7.02. The molecule has 0 atom stereocenters. The van der Waals surface area contributed by atoms with Crippen LogP contribution in [0.15, 0.2) is 85.6 Å². The van der Waals surface area contributed by atoms with Crippen molar-refractivity contribution in [1.82, 2.24) is 18.9 Å². The van der Waals surface area contributed by atoms with Crippen molar-refractivity contribution >= 4 is 39.8 Å². The molecule has 7 heteroatoms. The first kappa shape index (κ1) is 21.9. The number of aromatic nitrogens is 4. The molecule has 0 saturated heterocycles. The van der Waals surface area contributed by atoms with Gasteiger partial charge in [0.25, 0.3) is 0 Å². The minimum absolute atomic E-state index is 0.105. The fourth-order valence-electron chi connectivity index (χ4n) is 4.86. The number of halogens is 2. The van der Waals surface area contributed by atoms with Gasteiger partial charge in [0.15, 0.2) is 0 Å². The van der Waals surface area contributed by atoms with Crippen molar-refractivity contribution in [3.05, 3.63) is 101 Å². The lowest BCUT2D eigenvalue weighted by Gasteiger charge is -2.21. The molecule has 6 aromatic rings. The van der Waals surface area contributed by atoms with Crippen LogP contribution in [0.4, 0.5) is 0 Å². The highest BCUT2D eigenvalue weighted by molar-refractivity contribution is 6.31. The molecule has 0 aliphatic rings. The van der Waals surface area contributed by atoms with Gasteiger partial charge in [0.1, 0.15) is 5.65 Å². The maximum atomic E-state index is 10.4. The van der Waals surface area contributed by atoms with Gasteiger partial charge in [0, 0.05) is 40.4 Å². The Morgan fingerprint density at radius 3 is 2.43 bits per heavy atom. The predicted molar refractivity (Wildman–Crippen MR) is 142 cm³/mol. The first-order valence-corrected chi connectivity index (χ1v) is 11.9. The fraction of sp³-hybridized carbons (Fsp3) is 0.0714. The lowest BCUT2D eigenvalue weighted by molar-refractivity contribution is 0.282. The number of hydrogen-bond acceptors (Lipinski definition) is 3. The Labute approximate surface area is 211 Å². The summed E-state index contributed by atoms with van der Waals surface area (Å²) >= 11 is 12.7. The molecule has 6 rings (SSSR count). The monoisotopic (exact) mass is 498 g/mol. The number of imidazole rings is 2. The van der Waals surface area contributed by atoms with Crippen LogP contribution >= 0.6 is 23.2 Å². The smallest absolute Gasteiger partial charge is 0.147 e. The minimum Gasteiger partial charge on any atom is -0.392 e. The van der Waals surface area contributed by atoms with E-state index >= 15 is 0 Å². The van der Waals surface area contributed by atoms with E-state index in [9.17, 15) is 5.11 Å². The summed E-state index contributed by atoms with van der Waals surface area (Å²) in [6, 6.07) is 19.5. The van der Waals surface area contributed by atoms with Gasteiger partial charge in [-0.15, -0.1) is 0 Å². The van der Waals surface area contributed by atoms with Crippen LogP contribution in [0, 0.1) is 0 Å². The Morgan fingerprint density at radius 1 is 0.886 bits per heavy atom. The molecular weight excluding hydrogens is 479 g/mol. The molecule has 1 N–H and O–H groups in total. The Hall–Kier alpha value is -3.64. The maximum Gasteiger partial charge on any atom is 0.147 e. The molecule has 3 aromatic heterocycles. The summed E-state index contributed by atoms with van der Waals surface area (Å²) in [5.74, 6) is 0. The van der Waals surface area contributed by atoms with Gasteiger partial charge in [-0.1, -0.05) is 53.5 Å². The third-order valence-electron chi connectivity index (χ3n) is 6.38. The molecule has 0 amide bonds. The molecule has 0 aliphatic carbocycles. The van der Waals surface area contributed by atoms with Gasteiger partial charge >= 0.3 is 0 Å². The summed E-state index contributed by atoms with van der Waals surface area (Å²) in [5, 5.41) is 12.7. The lowest BCUT2D eigenvalue weighted by atomic mass is 9.87. The third kappa shape index (κ3) is 3.51. The minimum atomic E-state index is -0.105. The van der Waals surface area contributed by atoms with Crippen LogP contribution in [-0.2, 0) is 13.7 Å². The van der Waals surface area contributed by atoms with E-state index in [1.165, 1.54) is 0 Å². The average molecular weight is 499 g/mol. The molecule has 0 fully saturated rings. The normalized spacial score (nSPS) is 11.5. The molecule has 0 radical (unpaired) electrons. The van der Waals surface area contributed by atoms with E-state index in [-0.39, 0.29) is 6.61 Å². The third-order valence-corrected chi connectivity index (χ3v) is 6.87. The summed E-state index contributed by atoms with van der Waals surface area (Å²) in [4.78, 5) is 9.14. The van der Waals surface area contributed by atoms with E-state index in [1.807, 2.05) is 78.6 Å². The fourth-order valence-corrected chi connectivity index (χ4v) is 5.18. The number of hydrogen-bond donors (Lipinski definition) is 1. The number of fused-ring (bicyclic) bond motifs is 3. The summed E-state index contributed by atoms with van der Waals surface area (Å²) in [7, 11) is 1.97. The molecule has 3 heterocycles. The molecule has 5 nitrogen and oxygen atoms in total. The second kappa shape index (κ2) is 8.54. The van der Waals surface area contributed by atoms with E-state index in [0.29, 0.717) is 10.0 Å². The summed E-state index contributed by atoms with van der Waals surface area (Å²) in [6.07, 6.45) is 7.40. The lowest BCUT2D eigenvalue weighted by Crippen LogP contribution is -2.02. The largest absolute Gasteiger partial charge is 0.392 e. The first-order valence-electron chi connectivity index (χ1n) is 11.1. The van der Waals surface area contributed by atoms with Crippen molar-refractivity contribution in [1.29, 1.82) is 0 Å². The molecule has 0 saturated carbocycles. The summed E-state index contributed by atoms with van der Waals surface area (Å²) < 4.78 is 4.08. The molecule has 35 heavy (non-hydrogen) atoms. The van der Waals surface area contributed by atoms with Crippen LogP contribution in [0.2, 0.25) is 10.0 Å². The van der Waals surface area contributed by atoms with Crippen molar-refractivity contribution in [2.75, 3.05) is 0 Å². The van der Waals surface area contributed by atoms with Gasteiger partial charge in [0.2, 0.25) is 0 Å². The highest BCUT2D eigenvalue weighted by Crippen LogP contribution is 2.46. The van der Waals surface area contributed by atoms with Crippen molar-refractivity contribution in [3.63, 3.8) is 0 Å². The molecule has 172 valence electrons. The number of benzene rings is 3. The SMILES string of the molecule is Cn1cncc1-c1c(-c2cccc(Cl)c2)c2c(-c3ccc(Cl)cc3)c(CO)ccc2n2ccnc12. The van der Waals surface area contributed by atoms with Gasteiger partial charge in [-0.05, 0) is 52.6 Å². The zero-order chi connectivity index (χ0) is 24.1. The standard InChI is InChI=1S/C28H20Cl2N4O/c1-33-16-31-14-23(33)27-25(18-3-2-4-21(30)13-18)26-22(34-12-11-32-28(27)34)10-7-19(15-35)24(26)17-5-8-20(29)9-6-17/h2-14,16,35H,15H2,1H3. The number of rotatable bonds is 4. The van der Waals surface area contributed by atoms with Crippen LogP contribution in [0.1, 0.15) is 5.56 Å². The molecular formula is C28H20Cl2N4O. The molecule has 0 unspecified atom stereocenters. The van der Waals surface area contributed by atoms with E-state index in [2.05, 4.69) is 15.5 Å². The number of aryl methyl sites for hydroxylation is 1. The van der Waals surface area contributed by atoms with Crippen LogP contribution in [-0.4, -0.2) is 24.0 Å². The first-order chi connectivity index (χ1) is 17.1. The Morgan fingerprint density at radius 2 is 1.71 bits per heavy atom. The number of aliphatic hydroxyl groups excluding tert-OH is 1. The van der Waals surface area contributed by atoms with Crippen molar-refractivity contribution in [3.8, 4) is 33.5 Å². The Balaban J connectivity index is 1.91. The highest BCUT2D eigenvalue weighted by Gasteiger charge is 2.24. The van der Waals surface area contributed by atoms with Gasteiger partial charge < -0.3 is 9.67 Å². The maximum absolute atomic E-state index is 10.4. The van der Waals surface area contributed by atoms with Crippen LogP contribution < -0.4 is 0 Å². The zero-order valence-electron chi connectivity index (χ0n) is 18.8. The molecule has 3 aromatic carbocycles. The van der Waals surface area contributed by atoms with Crippen LogP contribution in [0.3, 0.4) is 0 Å². The van der Waals surface area contributed by atoms with Crippen LogP contribution in [0.25, 0.3) is 50.1 Å². The highest BCUT2D eigenvalue weighted by atomic mass is 35.5.